The number of aromatic nitrogens is 3. The van der Waals surface area contributed by atoms with Crippen molar-refractivity contribution in [1.82, 2.24) is 19.0 Å². The van der Waals surface area contributed by atoms with Gasteiger partial charge in [0, 0.05) is 44.2 Å². The van der Waals surface area contributed by atoms with Gasteiger partial charge in [-0.1, -0.05) is 18.2 Å². The molecule has 1 aliphatic heterocycles. The van der Waals surface area contributed by atoms with E-state index in [1.807, 2.05) is 41.9 Å². The summed E-state index contributed by atoms with van der Waals surface area (Å²) in [4.78, 5) is 31.9. The molecule has 0 saturated carbocycles. The van der Waals surface area contributed by atoms with Gasteiger partial charge in [-0.05, 0) is 18.6 Å². The topological polar surface area (TPSA) is 72.2 Å². The molecule has 3 heterocycles. The average Bonchev–Trinajstić information content (AvgIpc) is 3.00. The fraction of sp³-hybridized carbons (Fsp3) is 0.316. The minimum atomic E-state index is -0.0453. The van der Waals surface area contributed by atoms with Crippen LogP contribution in [0.2, 0.25) is 0 Å². The fourth-order valence-corrected chi connectivity index (χ4v) is 3.63. The van der Waals surface area contributed by atoms with E-state index in [4.69, 9.17) is 0 Å². The maximum atomic E-state index is 13.1. The Labute approximate surface area is 150 Å². The molecule has 0 radical (unpaired) electrons. The van der Waals surface area contributed by atoms with Crippen molar-refractivity contribution in [1.29, 1.82) is 0 Å². The van der Waals surface area contributed by atoms with E-state index in [9.17, 15) is 9.59 Å². The highest BCUT2D eigenvalue weighted by Gasteiger charge is 2.27. The first-order valence-corrected chi connectivity index (χ1v) is 8.61. The van der Waals surface area contributed by atoms with Gasteiger partial charge in [0.25, 0.3) is 11.5 Å². The molecule has 0 aliphatic carbocycles. The number of aryl methyl sites for hydroxylation is 1. The van der Waals surface area contributed by atoms with E-state index in [1.54, 1.807) is 19.0 Å². The van der Waals surface area contributed by atoms with Gasteiger partial charge < -0.3 is 14.8 Å². The predicted molar refractivity (Wildman–Crippen MR) is 100 cm³/mol. The first-order valence-electron chi connectivity index (χ1n) is 8.61. The van der Waals surface area contributed by atoms with E-state index in [0.29, 0.717) is 42.4 Å². The zero-order valence-electron chi connectivity index (χ0n) is 15.1. The number of carbonyl (C=O) groups excluding carboxylic acids is 1. The molecule has 134 valence electrons. The summed E-state index contributed by atoms with van der Waals surface area (Å²) in [5, 5.41) is 3.97. The smallest absolute Gasteiger partial charge is 0.270 e. The average molecular weight is 351 g/mol. The number of benzene rings is 1. The molecule has 3 aromatic rings. The molecule has 0 atom stereocenters. The Balaban J connectivity index is 1.70. The molecule has 0 spiro atoms. The molecule has 0 saturated heterocycles. The van der Waals surface area contributed by atoms with Crippen LogP contribution in [0.15, 0.2) is 35.1 Å². The number of rotatable bonds is 2. The Kier molecular flexibility index (Phi) is 3.79. The molecule has 1 aromatic carbocycles. The number of nitrogens with zero attached hydrogens (tertiary/aromatic N) is 4. The third-order valence-corrected chi connectivity index (χ3v) is 5.12. The van der Waals surface area contributed by atoms with Gasteiger partial charge in [0.2, 0.25) is 5.95 Å². The van der Waals surface area contributed by atoms with E-state index in [0.717, 1.165) is 10.9 Å². The van der Waals surface area contributed by atoms with E-state index in [-0.39, 0.29) is 11.5 Å². The second kappa shape index (κ2) is 6.01. The minimum Gasteiger partial charge on any atom is -0.359 e. The van der Waals surface area contributed by atoms with Gasteiger partial charge in [-0.2, -0.15) is 0 Å². The summed E-state index contributed by atoms with van der Waals surface area (Å²) < 4.78 is 3.43. The van der Waals surface area contributed by atoms with Gasteiger partial charge in [0.05, 0.1) is 12.2 Å². The predicted octanol–water partition coefficient (Wildman–Crippen LogP) is 1.51. The lowest BCUT2D eigenvalue weighted by atomic mass is 10.1. The summed E-state index contributed by atoms with van der Waals surface area (Å²) >= 11 is 0. The van der Waals surface area contributed by atoms with E-state index >= 15 is 0 Å². The molecule has 1 N–H and O–H groups in total. The van der Waals surface area contributed by atoms with Gasteiger partial charge in [-0.15, -0.1) is 0 Å². The fourth-order valence-electron chi connectivity index (χ4n) is 3.63. The quantitative estimate of drug-likeness (QED) is 0.760. The van der Waals surface area contributed by atoms with Crippen LogP contribution in [0.4, 0.5) is 5.95 Å². The summed E-state index contributed by atoms with van der Waals surface area (Å²) in [7, 11) is 5.34. The van der Waals surface area contributed by atoms with Crippen LogP contribution in [0.25, 0.3) is 10.9 Å². The highest BCUT2D eigenvalue weighted by molar-refractivity contribution is 5.98. The molecule has 2 aromatic heterocycles. The van der Waals surface area contributed by atoms with Crippen molar-refractivity contribution in [3.8, 4) is 0 Å². The summed E-state index contributed by atoms with van der Waals surface area (Å²) in [5.74, 6) is 0.468. The Morgan fingerprint density at radius 3 is 2.69 bits per heavy atom. The van der Waals surface area contributed by atoms with Crippen LogP contribution in [0.1, 0.15) is 21.7 Å². The van der Waals surface area contributed by atoms with Crippen LogP contribution in [0.5, 0.6) is 0 Å². The third-order valence-electron chi connectivity index (χ3n) is 5.12. The number of carbonyl (C=O) groups is 1. The Morgan fingerprint density at radius 2 is 1.96 bits per heavy atom. The lowest BCUT2D eigenvalue weighted by molar-refractivity contribution is 0.0722. The van der Waals surface area contributed by atoms with Crippen molar-refractivity contribution in [2.75, 3.05) is 18.9 Å². The SMILES string of the molecule is CNc1nc2c(c(=O)n1C)CCN(C(=O)c1cc3ccccc3n1C)C2. The molecular weight excluding hydrogens is 330 g/mol. The van der Waals surface area contributed by atoms with Gasteiger partial charge in [-0.25, -0.2) is 4.98 Å². The molecule has 26 heavy (non-hydrogen) atoms. The Bertz CT molecular complexity index is 1080. The molecule has 0 unspecified atom stereocenters. The standard InChI is InChI=1S/C19H21N5O2/c1-20-19-21-14-11-24(9-8-13(14)17(25)23(19)3)18(26)16-10-12-6-4-5-7-15(12)22(16)2/h4-7,10H,8-9,11H2,1-3H3,(H,20,21). The molecule has 4 rings (SSSR count). The van der Waals surface area contributed by atoms with Gasteiger partial charge in [-0.3, -0.25) is 14.2 Å². The Morgan fingerprint density at radius 1 is 1.19 bits per heavy atom. The van der Waals surface area contributed by atoms with Crippen LogP contribution in [-0.2, 0) is 27.1 Å². The van der Waals surface area contributed by atoms with E-state index in [1.165, 1.54) is 4.57 Å². The number of amides is 1. The number of hydrogen-bond donors (Lipinski definition) is 1. The molecule has 1 aliphatic rings. The summed E-state index contributed by atoms with van der Waals surface area (Å²) in [6.45, 7) is 0.865. The van der Waals surface area contributed by atoms with E-state index < -0.39 is 0 Å². The van der Waals surface area contributed by atoms with Crippen LogP contribution in [0, 0.1) is 0 Å². The summed E-state index contributed by atoms with van der Waals surface area (Å²) in [5.41, 5.74) is 3.00. The minimum absolute atomic E-state index is 0.0390. The van der Waals surface area contributed by atoms with Crippen molar-refractivity contribution in [3.63, 3.8) is 0 Å². The number of hydrogen-bond acceptors (Lipinski definition) is 4. The molecule has 0 fully saturated rings. The largest absolute Gasteiger partial charge is 0.359 e. The first kappa shape index (κ1) is 16.4. The van der Waals surface area contributed by atoms with Gasteiger partial charge in [0.15, 0.2) is 0 Å². The monoisotopic (exact) mass is 351 g/mol. The second-order valence-corrected chi connectivity index (χ2v) is 6.60. The highest BCUT2D eigenvalue weighted by atomic mass is 16.2. The maximum Gasteiger partial charge on any atom is 0.270 e. The van der Waals surface area contributed by atoms with Crippen molar-refractivity contribution in [2.45, 2.75) is 13.0 Å². The molecule has 7 nitrogen and oxygen atoms in total. The second-order valence-electron chi connectivity index (χ2n) is 6.60. The number of fused-ring (bicyclic) bond motifs is 2. The summed E-state index contributed by atoms with van der Waals surface area (Å²) in [6.07, 6.45) is 0.523. The third kappa shape index (κ3) is 2.39. The highest BCUT2D eigenvalue weighted by Crippen LogP contribution is 2.22. The Hall–Kier alpha value is -3.09. The molecular formula is C19H21N5O2. The van der Waals surface area contributed by atoms with Crippen LogP contribution in [0.3, 0.4) is 0 Å². The van der Waals surface area contributed by atoms with Gasteiger partial charge >= 0.3 is 0 Å². The van der Waals surface area contributed by atoms with Crippen molar-refractivity contribution in [2.24, 2.45) is 14.1 Å². The normalized spacial score (nSPS) is 13.7. The molecule has 7 heteroatoms. The van der Waals surface area contributed by atoms with Crippen LogP contribution in [-0.4, -0.2) is 38.5 Å². The van der Waals surface area contributed by atoms with E-state index in [2.05, 4.69) is 10.3 Å². The van der Waals surface area contributed by atoms with Crippen LogP contribution < -0.4 is 10.9 Å². The zero-order valence-corrected chi connectivity index (χ0v) is 15.1. The maximum absolute atomic E-state index is 13.1. The zero-order chi connectivity index (χ0) is 18.4. The molecule has 1 amide bonds. The number of anilines is 1. The number of nitrogens with one attached hydrogen (secondary N) is 1. The van der Waals surface area contributed by atoms with Crippen molar-refractivity contribution in [3.05, 3.63) is 57.6 Å². The van der Waals surface area contributed by atoms with Crippen LogP contribution >= 0.6 is 0 Å². The summed E-state index contributed by atoms with van der Waals surface area (Å²) in [6, 6.07) is 9.85. The van der Waals surface area contributed by atoms with Gasteiger partial charge in [0.1, 0.15) is 5.69 Å². The first-order chi connectivity index (χ1) is 12.5. The lowest BCUT2D eigenvalue weighted by Gasteiger charge is -2.28. The number of para-hydroxylation sites is 1. The van der Waals surface area contributed by atoms with Crippen molar-refractivity contribution >= 4 is 22.8 Å². The van der Waals surface area contributed by atoms with Crippen molar-refractivity contribution < 1.29 is 4.79 Å². The molecule has 0 bridgehead atoms. The lowest BCUT2D eigenvalue weighted by Crippen LogP contribution is -2.41.